The predicted molar refractivity (Wildman–Crippen MR) is 71.3 cm³/mol. The van der Waals surface area contributed by atoms with E-state index < -0.39 is 0 Å². The molecule has 0 N–H and O–H groups in total. The van der Waals surface area contributed by atoms with Gasteiger partial charge < -0.3 is 0 Å². The van der Waals surface area contributed by atoms with Crippen molar-refractivity contribution in [3.8, 4) is 0 Å². The van der Waals surface area contributed by atoms with Gasteiger partial charge in [0.05, 0.1) is 5.01 Å². The number of aromatic nitrogens is 1. The van der Waals surface area contributed by atoms with E-state index in [-0.39, 0.29) is 5.92 Å². The zero-order chi connectivity index (χ0) is 12.3. The molecule has 2 atom stereocenters. The van der Waals surface area contributed by atoms with E-state index in [1.807, 2.05) is 6.92 Å². The van der Waals surface area contributed by atoms with Gasteiger partial charge in [0.1, 0.15) is 5.78 Å². The Kier molecular flexibility index (Phi) is 4.32. The van der Waals surface area contributed by atoms with Crippen LogP contribution in [0.25, 0.3) is 0 Å². The molecule has 0 spiro atoms. The fraction of sp³-hybridized carbons (Fsp3) is 0.714. The van der Waals surface area contributed by atoms with Crippen LogP contribution in [0.4, 0.5) is 0 Å². The van der Waals surface area contributed by atoms with Crippen LogP contribution >= 0.6 is 11.3 Å². The van der Waals surface area contributed by atoms with E-state index in [2.05, 4.69) is 17.3 Å². The molecule has 17 heavy (non-hydrogen) atoms. The lowest BCUT2D eigenvalue weighted by Crippen LogP contribution is -2.26. The second kappa shape index (κ2) is 5.76. The number of carbonyl (C=O) groups excluding carboxylic acids is 1. The number of rotatable bonds is 4. The summed E-state index contributed by atoms with van der Waals surface area (Å²) in [6, 6.07) is 0. The number of hydrogen-bond acceptors (Lipinski definition) is 3. The summed E-state index contributed by atoms with van der Waals surface area (Å²) in [6.45, 7) is 4.25. The van der Waals surface area contributed by atoms with Crippen molar-refractivity contribution < 1.29 is 4.79 Å². The second-order valence-electron chi connectivity index (χ2n) is 5.18. The zero-order valence-electron chi connectivity index (χ0n) is 10.7. The predicted octanol–water partition coefficient (Wildman–Crippen LogP) is 3.78. The highest BCUT2D eigenvalue weighted by Crippen LogP contribution is 2.32. The molecule has 0 amide bonds. The first-order valence-corrected chi connectivity index (χ1v) is 7.50. The molecule has 1 saturated carbocycles. The molecule has 0 saturated heterocycles. The van der Waals surface area contributed by atoms with Gasteiger partial charge in [0.25, 0.3) is 0 Å². The summed E-state index contributed by atoms with van der Waals surface area (Å²) in [5, 5.41) is 3.21. The molecule has 0 radical (unpaired) electrons. The number of nitrogens with zero attached hydrogens (tertiary/aromatic N) is 1. The molecule has 2 unspecified atom stereocenters. The molecule has 1 aromatic heterocycles. The number of ketones is 1. The summed E-state index contributed by atoms with van der Waals surface area (Å²) in [4.78, 5) is 16.4. The quantitative estimate of drug-likeness (QED) is 0.815. The molecule has 1 aromatic rings. The van der Waals surface area contributed by atoms with E-state index >= 15 is 0 Å². The topological polar surface area (TPSA) is 30.0 Å². The van der Waals surface area contributed by atoms with E-state index in [1.54, 1.807) is 11.3 Å². The normalized spacial score (nSPS) is 25.2. The molecule has 94 valence electrons. The van der Waals surface area contributed by atoms with Gasteiger partial charge in [0, 0.05) is 29.8 Å². The third-order valence-corrected chi connectivity index (χ3v) is 4.65. The smallest absolute Gasteiger partial charge is 0.136 e. The van der Waals surface area contributed by atoms with Crippen LogP contribution in [0.1, 0.15) is 49.7 Å². The largest absolute Gasteiger partial charge is 0.299 e. The van der Waals surface area contributed by atoms with Crippen molar-refractivity contribution in [2.24, 2.45) is 11.8 Å². The third kappa shape index (κ3) is 3.38. The summed E-state index contributed by atoms with van der Waals surface area (Å²) in [5.41, 5.74) is 1.08. The summed E-state index contributed by atoms with van der Waals surface area (Å²) in [7, 11) is 0. The fourth-order valence-corrected chi connectivity index (χ4v) is 3.63. The first-order valence-electron chi connectivity index (χ1n) is 6.62. The molecular formula is C14H21NOS. The Bertz CT molecular complexity index is 385. The molecule has 1 aliphatic carbocycles. The van der Waals surface area contributed by atoms with Crippen molar-refractivity contribution in [2.75, 3.05) is 0 Å². The maximum Gasteiger partial charge on any atom is 0.136 e. The summed E-state index contributed by atoms with van der Waals surface area (Å²) in [6.07, 6.45) is 6.38. The van der Waals surface area contributed by atoms with Crippen molar-refractivity contribution in [1.82, 2.24) is 4.98 Å². The van der Waals surface area contributed by atoms with Gasteiger partial charge in [0.2, 0.25) is 0 Å². The van der Waals surface area contributed by atoms with Gasteiger partial charge in [0.15, 0.2) is 0 Å². The molecule has 2 rings (SSSR count). The molecule has 3 heteroatoms. The van der Waals surface area contributed by atoms with Crippen LogP contribution in [-0.2, 0) is 11.2 Å². The van der Waals surface area contributed by atoms with Crippen LogP contribution in [-0.4, -0.2) is 10.8 Å². The minimum absolute atomic E-state index is 0.242. The molecule has 0 bridgehead atoms. The Morgan fingerprint density at radius 3 is 3.00 bits per heavy atom. The molecule has 1 fully saturated rings. The SMILES string of the molecule is CCCC1CCC(=O)C(Cc2nc(C)cs2)C1. The van der Waals surface area contributed by atoms with Gasteiger partial charge >= 0.3 is 0 Å². The Hall–Kier alpha value is -0.700. The van der Waals surface area contributed by atoms with Gasteiger partial charge in [-0.2, -0.15) is 0 Å². The van der Waals surface area contributed by atoms with Crippen LogP contribution in [0.2, 0.25) is 0 Å². The van der Waals surface area contributed by atoms with Crippen LogP contribution in [0.5, 0.6) is 0 Å². The lowest BCUT2D eigenvalue weighted by Gasteiger charge is -2.27. The molecule has 1 heterocycles. The molecular weight excluding hydrogens is 230 g/mol. The number of aryl methyl sites for hydroxylation is 1. The van der Waals surface area contributed by atoms with Crippen LogP contribution in [0, 0.1) is 18.8 Å². The second-order valence-corrected chi connectivity index (χ2v) is 6.12. The molecule has 1 aliphatic rings. The van der Waals surface area contributed by atoms with E-state index in [1.165, 1.54) is 12.8 Å². The Morgan fingerprint density at radius 1 is 1.53 bits per heavy atom. The lowest BCUT2D eigenvalue weighted by atomic mass is 9.77. The Morgan fingerprint density at radius 2 is 2.35 bits per heavy atom. The minimum Gasteiger partial charge on any atom is -0.299 e. The minimum atomic E-state index is 0.242. The van der Waals surface area contributed by atoms with Gasteiger partial charge in [-0.1, -0.05) is 19.8 Å². The summed E-state index contributed by atoms with van der Waals surface area (Å²) in [5.74, 6) is 1.47. The highest BCUT2D eigenvalue weighted by Gasteiger charge is 2.28. The van der Waals surface area contributed by atoms with Crippen molar-refractivity contribution >= 4 is 17.1 Å². The number of thiazole rings is 1. The van der Waals surface area contributed by atoms with E-state index in [0.717, 1.165) is 42.3 Å². The summed E-state index contributed by atoms with van der Waals surface area (Å²) >= 11 is 1.70. The Labute approximate surface area is 107 Å². The number of hydrogen-bond donors (Lipinski definition) is 0. The van der Waals surface area contributed by atoms with E-state index in [4.69, 9.17) is 0 Å². The zero-order valence-corrected chi connectivity index (χ0v) is 11.6. The van der Waals surface area contributed by atoms with Gasteiger partial charge in [-0.15, -0.1) is 11.3 Å². The first-order chi connectivity index (χ1) is 8.19. The third-order valence-electron chi connectivity index (χ3n) is 3.66. The number of carbonyl (C=O) groups is 1. The van der Waals surface area contributed by atoms with Crippen LogP contribution < -0.4 is 0 Å². The van der Waals surface area contributed by atoms with Gasteiger partial charge in [-0.25, -0.2) is 4.98 Å². The van der Waals surface area contributed by atoms with Crippen LogP contribution in [0.15, 0.2) is 5.38 Å². The average Bonchev–Trinajstić information content (AvgIpc) is 2.69. The lowest BCUT2D eigenvalue weighted by molar-refractivity contribution is -0.125. The van der Waals surface area contributed by atoms with Crippen molar-refractivity contribution in [1.29, 1.82) is 0 Å². The van der Waals surface area contributed by atoms with Gasteiger partial charge in [-0.05, 0) is 25.7 Å². The standard InChI is InChI=1S/C14H21NOS/c1-3-4-11-5-6-13(16)12(7-11)8-14-15-10(2)9-17-14/h9,11-12H,3-8H2,1-2H3. The van der Waals surface area contributed by atoms with Crippen molar-refractivity contribution in [2.45, 2.75) is 52.4 Å². The maximum absolute atomic E-state index is 11.9. The number of Topliss-reactive ketones (excluding diaryl/α,β-unsaturated/α-hetero) is 1. The monoisotopic (exact) mass is 251 g/mol. The fourth-order valence-electron chi connectivity index (χ4n) is 2.78. The van der Waals surface area contributed by atoms with Gasteiger partial charge in [-0.3, -0.25) is 4.79 Å². The highest BCUT2D eigenvalue weighted by atomic mass is 32.1. The van der Waals surface area contributed by atoms with E-state index in [9.17, 15) is 4.79 Å². The molecule has 2 nitrogen and oxygen atoms in total. The molecule has 0 aliphatic heterocycles. The Balaban J connectivity index is 1.96. The highest BCUT2D eigenvalue weighted by molar-refractivity contribution is 7.09. The summed E-state index contributed by atoms with van der Waals surface area (Å²) < 4.78 is 0. The average molecular weight is 251 g/mol. The maximum atomic E-state index is 11.9. The molecule has 0 aromatic carbocycles. The van der Waals surface area contributed by atoms with Crippen LogP contribution in [0.3, 0.4) is 0 Å². The van der Waals surface area contributed by atoms with Crippen molar-refractivity contribution in [3.63, 3.8) is 0 Å². The van der Waals surface area contributed by atoms with Crippen molar-refractivity contribution in [3.05, 3.63) is 16.1 Å². The first kappa shape index (κ1) is 12.7. The van der Waals surface area contributed by atoms with E-state index in [0.29, 0.717) is 5.78 Å².